The summed E-state index contributed by atoms with van der Waals surface area (Å²) < 4.78 is 28.5. The molecule has 0 radical (unpaired) electrons. The molecule has 182 valence electrons. The number of hydrogen-bond donors (Lipinski definition) is 1. The zero-order valence-electron chi connectivity index (χ0n) is 20.0. The Labute approximate surface area is 207 Å². The summed E-state index contributed by atoms with van der Waals surface area (Å²) in [4.78, 5) is 17.8. The third-order valence-electron chi connectivity index (χ3n) is 6.11. The summed E-state index contributed by atoms with van der Waals surface area (Å²) in [6, 6.07) is 23.8. The van der Waals surface area contributed by atoms with E-state index in [9.17, 15) is 13.2 Å². The molecule has 0 atom stereocenters. The number of sulfonamides is 1. The molecule has 0 aromatic heterocycles. The van der Waals surface area contributed by atoms with Gasteiger partial charge in [0.1, 0.15) is 4.90 Å². The van der Waals surface area contributed by atoms with Crippen molar-refractivity contribution in [3.8, 4) is 0 Å². The number of hydrogen-bond acceptors (Lipinski definition) is 5. The first-order valence-electron chi connectivity index (χ1n) is 11.8. The van der Waals surface area contributed by atoms with Crippen LogP contribution in [0.15, 0.2) is 88.2 Å². The fraction of sp³-hybridized carbons (Fsp3) is 0.259. The lowest BCUT2D eigenvalue weighted by atomic mass is 10.1. The Hall–Kier alpha value is -3.49. The van der Waals surface area contributed by atoms with Crippen LogP contribution in [0.4, 0.5) is 5.69 Å². The summed E-state index contributed by atoms with van der Waals surface area (Å²) in [5.41, 5.74) is 2.85. The zero-order valence-corrected chi connectivity index (χ0v) is 20.8. The standard InChI is InChI=1S/C27H30N4O3S/c1-3-30(4-2)18-19-31(20-21-10-6-5-7-11-21)27(32)22-14-16-23(17-15-22)28-26-24-12-8-9-13-25(24)35(33,34)29-26/h5-17H,3-4,18-20H2,1-2H3,(H,28,29). The number of carbonyl (C=O) groups excluding carboxylic acids is 1. The Balaban J connectivity index is 1.50. The van der Waals surface area contributed by atoms with Crippen LogP contribution in [0.2, 0.25) is 0 Å². The molecule has 1 aliphatic heterocycles. The van der Waals surface area contributed by atoms with E-state index in [4.69, 9.17) is 0 Å². The molecule has 1 heterocycles. The smallest absolute Gasteiger partial charge is 0.285 e. The van der Waals surface area contributed by atoms with Gasteiger partial charge < -0.3 is 15.1 Å². The second-order valence-corrected chi connectivity index (χ2v) is 9.93. The average Bonchev–Trinajstić information content (AvgIpc) is 3.14. The molecule has 35 heavy (non-hydrogen) atoms. The minimum Gasteiger partial charge on any atom is -0.339 e. The number of fused-ring (bicyclic) bond motifs is 1. The van der Waals surface area contributed by atoms with Crippen LogP contribution < -0.4 is 5.32 Å². The molecule has 0 fully saturated rings. The maximum atomic E-state index is 13.4. The third kappa shape index (κ3) is 5.78. The molecule has 8 heteroatoms. The van der Waals surface area contributed by atoms with Crippen LogP contribution >= 0.6 is 0 Å². The molecule has 0 saturated heterocycles. The van der Waals surface area contributed by atoms with E-state index < -0.39 is 10.0 Å². The molecule has 0 spiro atoms. The van der Waals surface area contributed by atoms with Crippen molar-refractivity contribution in [2.75, 3.05) is 31.5 Å². The predicted molar refractivity (Wildman–Crippen MR) is 139 cm³/mol. The minimum absolute atomic E-state index is 0.0429. The number of likely N-dealkylation sites (N-methyl/N-ethyl adjacent to an activating group) is 1. The number of anilines is 1. The van der Waals surface area contributed by atoms with E-state index in [1.54, 1.807) is 48.5 Å². The van der Waals surface area contributed by atoms with E-state index in [1.165, 1.54) is 0 Å². The van der Waals surface area contributed by atoms with Gasteiger partial charge in [-0.15, -0.1) is 4.40 Å². The first kappa shape index (κ1) is 24.6. The van der Waals surface area contributed by atoms with Gasteiger partial charge >= 0.3 is 0 Å². The van der Waals surface area contributed by atoms with Crippen molar-refractivity contribution >= 4 is 27.5 Å². The monoisotopic (exact) mass is 490 g/mol. The van der Waals surface area contributed by atoms with E-state index in [0.29, 0.717) is 29.9 Å². The number of amidine groups is 1. The molecule has 0 bridgehead atoms. The molecule has 1 N–H and O–H groups in total. The Morgan fingerprint density at radius 1 is 0.857 bits per heavy atom. The van der Waals surface area contributed by atoms with Crippen molar-refractivity contribution in [2.24, 2.45) is 4.40 Å². The minimum atomic E-state index is -3.69. The van der Waals surface area contributed by atoms with Crippen LogP contribution in [-0.2, 0) is 16.6 Å². The Morgan fingerprint density at radius 2 is 1.51 bits per heavy atom. The second-order valence-electron chi connectivity index (χ2n) is 8.35. The SMILES string of the molecule is CCN(CC)CCN(Cc1ccccc1)C(=O)c1ccc(NC2=NS(=O)(=O)c3ccccc32)cc1. The molecule has 0 saturated carbocycles. The molecule has 0 unspecified atom stereocenters. The van der Waals surface area contributed by atoms with Crippen LogP contribution in [0.3, 0.4) is 0 Å². The van der Waals surface area contributed by atoms with E-state index in [0.717, 1.165) is 25.2 Å². The Kier molecular flexibility index (Phi) is 7.63. The van der Waals surface area contributed by atoms with Crippen molar-refractivity contribution in [2.45, 2.75) is 25.3 Å². The summed E-state index contributed by atoms with van der Waals surface area (Å²) >= 11 is 0. The van der Waals surface area contributed by atoms with Crippen LogP contribution in [0.5, 0.6) is 0 Å². The molecular formula is C27H30N4O3S. The van der Waals surface area contributed by atoms with Crippen molar-refractivity contribution in [3.63, 3.8) is 0 Å². The highest BCUT2D eigenvalue weighted by Crippen LogP contribution is 2.26. The van der Waals surface area contributed by atoms with Crippen LogP contribution in [0.25, 0.3) is 0 Å². The normalized spacial score (nSPS) is 13.9. The van der Waals surface area contributed by atoms with Gasteiger partial charge in [-0.1, -0.05) is 56.3 Å². The summed E-state index contributed by atoms with van der Waals surface area (Å²) in [6.07, 6.45) is 0. The van der Waals surface area contributed by atoms with Crippen LogP contribution in [0.1, 0.15) is 35.3 Å². The van der Waals surface area contributed by atoms with E-state index in [1.807, 2.05) is 35.2 Å². The van der Waals surface area contributed by atoms with Gasteiger partial charge in [0.2, 0.25) is 0 Å². The summed E-state index contributed by atoms with van der Waals surface area (Å²) in [5, 5.41) is 3.08. The van der Waals surface area contributed by atoms with Crippen molar-refractivity contribution in [1.82, 2.24) is 9.80 Å². The average molecular weight is 491 g/mol. The highest BCUT2D eigenvalue weighted by Gasteiger charge is 2.28. The van der Waals surface area contributed by atoms with Gasteiger partial charge in [0, 0.05) is 36.4 Å². The first-order valence-corrected chi connectivity index (χ1v) is 13.2. The van der Waals surface area contributed by atoms with E-state index in [2.05, 4.69) is 28.5 Å². The molecule has 3 aromatic carbocycles. The zero-order chi connectivity index (χ0) is 24.8. The number of benzene rings is 3. The van der Waals surface area contributed by atoms with Gasteiger partial charge in [-0.2, -0.15) is 8.42 Å². The van der Waals surface area contributed by atoms with Crippen molar-refractivity contribution in [3.05, 3.63) is 95.6 Å². The Morgan fingerprint density at radius 3 is 2.20 bits per heavy atom. The molecule has 7 nitrogen and oxygen atoms in total. The van der Waals surface area contributed by atoms with Gasteiger partial charge in [-0.05, 0) is 55.1 Å². The maximum Gasteiger partial charge on any atom is 0.285 e. The summed E-state index contributed by atoms with van der Waals surface area (Å²) in [6.45, 7) is 8.08. The molecule has 3 aromatic rings. The number of nitrogens with zero attached hydrogens (tertiary/aromatic N) is 3. The largest absolute Gasteiger partial charge is 0.339 e. The highest BCUT2D eigenvalue weighted by molar-refractivity contribution is 7.90. The van der Waals surface area contributed by atoms with Gasteiger partial charge in [0.05, 0.1) is 0 Å². The number of amides is 1. The number of carbonyl (C=O) groups is 1. The van der Waals surface area contributed by atoms with E-state index >= 15 is 0 Å². The lowest BCUT2D eigenvalue weighted by Gasteiger charge is -2.27. The molecule has 4 rings (SSSR count). The quantitative estimate of drug-likeness (QED) is 0.485. The third-order valence-corrected chi connectivity index (χ3v) is 7.44. The molecular weight excluding hydrogens is 460 g/mol. The fourth-order valence-electron chi connectivity index (χ4n) is 4.07. The Bertz CT molecular complexity index is 1300. The highest BCUT2D eigenvalue weighted by atomic mass is 32.2. The van der Waals surface area contributed by atoms with Gasteiger partial charge in [-0.3, -0.25) is 4.79 Å². The van der Waals surface area contributed by atoms with E-state index in [-0.39, 0.29) is 16.6 Å². The predicted octanol–water partition coefficient (Wildman–Crippen LogP) is 4.23. The maximum absolute atomic E-state index is 13.4. The summed E-state index contributed by atoms with van der Waals surface area (Å²) in [7, 11) is -3.69. The number of nitrogens with one attached hydrogen (secondary N) is 1. The lowest BCUT2D eigenvalue weighted by Crippen LogP contribution is -2.38. The van der Waals surface area contributed by atoms with Crippen LogP contribution in [-0.4, -0.2) is 56.1 Å². The molecule has 1 aliphatic rings. The second kappa shape index (κ2) is 10.8. The van der Waals surface area contributed by atoms with Gasteiger partial charge in [0.15, 0.2) is 5.84 Å². The van der Waals surface area contributed by atoms with Crippen molar-refractivity contribution in [1.29, 1.82) is 0 Å². The fourth-order valence-corrected chi connectivity index (χ4v) is 5.25. The first-order chi connectivity index (χ1) is 16.9. The summed E-state index contributed by atoms with van der Waals surface area (Å²) in [5.74, 6) is 0.239. The van der Waals surface area contributed by atoms with Crippen molar-refractivity contribution < 1.29 is 13.2 Å². The van der Waals surface area contributed by atoms with Gasteiger partial charge in [0.25, 0.3) is 15.9 Å². The molecule has 0 aliphatic carbocycles. The van der Waals surface area contributed by atoms with Crippen LogP contribution in [0, 0.1) is 0 Å². The molecule has 1 amide bonds. The topological polar surface area (TPSA) is 82.1 Å². The lowest BCUT2D eigenvalue weighted by molar-refractivity contribution is 0.0724. The number of rotatable bonds is 9. The van der Waals surface area contributed by atoms with Gasteiger partial charge in [-0.25, -0.2) is 0 Å².